The van der Waals surface area contributed by atoms with Crippen LogP contribution >= 0.6 is 23.4 Å². The van der Waals surface area contributed by atoms with Gasteiger partial charge in [-0.3, -0.25) is 0 Å². The Morgan fingerprint density at radius 3 is 3.29 bits per heavy atom. The molecule has 1 N–H and O–H groups in total. The third-order valence-electron chi connectivity index (χ3n) is 2.35. The summed E-state index contributed by atoms with van der Waals surface area (Å²) in [7, 11) is 0. The SMILES string of the molecule is Clc1cc(NCC2CCSC2)ccn1. The lowest BCUT2D eigenvalue weighted by atomic mass is 10.1. The standard InChI is InChI=1S/C10H13ClN2S/c11-10-5-9(1-3-12-10)13-6-8-2-4-14-7-8/h1,3,5,8H,2,4,6-7H2,(H,12,13). The van der Waals surface area contributed by atoms with Gasteiger partial charge < -0.3 is 5.32 Å². The maximum atomic E-state index is 5.79. The highest BCUT2D eigenvalue weighted by atomic mass is 35.5. The number of pyridine rings is 1. The van der Waals surface area contributed by atoms with Gasteiger partial charge in [0.05, 0.1) is 0 Å². The van der Waals surface area contributed by atoms with Gasteiger partial charge in [0, 0.05) is 18.4 Å². The fourth-order valence-corrected chi connectivity index (χ4v) is 2.98. The van der Waals surface area contributed by atoms with Crippen molar-refractivity contribution in [1.29, 1.82) is 0 Å². The van der Waals surface area contributed by atoms with Gasteiger partial charge in [0.2, 0.25) is 0 Å². The van der Waals surface area contributed by atoms with Crippen molar-refractivity contribution in [3.05, 3.63) is 23.5 Å². The van der Waals surface area contributed by atoms with Gasteiger partial charge in [0.15, 0.2) is 0 Å². The molecule has 1 aromatic rings. The highest BCUT2D eigenvalue weighted by Gasteiger charge is 2.14. The number of aromatic nitrogens is 1. The van der Waals surface area contributed by atoms with E-state index >= 15 is 0 Å². The van der Waals surface area contributed by atoms with Crippen molar-refractivity contribution in [1.82, 2.24) is 4.98 Å². The summed E-state index contributed by atoms with van der Waals surface area (Å²) in [5.74, 6) is 3.40. The molecule has 0 aromatic carbocycles. The largest absolute Gasteiger partial charge is 0.385 e. The van der Waals surface area contributed by atoms with Crippen LogP contribution in [0, 0.1) is 5.92 Å². The van der Waals surface area contributed by atoms with Gasteiger partial charge in [-0.05, 0) is 36.0 Å². The summed E-state index contributed by atoms with van der Waals surface area (Å²) in [5, 5.41) is 3.94. The predicted octanol–water partition coefficient (Wildman–Crippen LogP) is 2.90. The number of nitrogens with one attached hydrogen (secondary N) is 1. The van der Waals surface area contributed by atoms with Crippen LogP contribution in [-0.2, 0) is 0 Å². The summed E-state index contributed by atoms with van der Waals surface area (Å²) in [6, 6.07) is 3.82. The molecule has 76 valence electrons. The zero-order valence-corrected chi connectivity index (χ0v) is 9.44. The molecule has 1 aliphatic rings. The molecule has 1 saturated heterocycles. The van der Waals surface area contributed by atoms with Crippen molar-refractivity contribution in [2.45, 2.75) is 6.42 Å². The molecule has 1 aromatic heterocycles. The van der Waals surface area contributed by atoms with E-state index in [4.69, 9.17) is 11.6 Å². The maximum absolute atomic E-state index is 5.79. The summed E-state index contributed by atoms with van der Waals surface area (Å²) >= 11 is 7.83. The molecule has 1 atom stereocenters. The van der Waals surface area contributed by atoms with Gasteiger partial charge >= 0.3 is 0 Å². The minimum absolute atomic E-state index is 0.552. The molecule has 0 spiro atoms. The first-order valence-electron chi connectivity index (χ1n) is 4.78. The minimum Gasteiger partial charge on any atom is -0.385 e. The van der Waals surface area contributed by atoms with E-state index in [0.717, 1.165) is 18.2 Å². The number of thioether (sulfide) groups is 1. The lowest BCUT2D eigenvalue weighted by molar-refractivity contribution is 0.632. The molecule has 1 fully saturated rings. The van der Waals surface area contributed by atoms with Crippen molar-refractivity contribution in [2.75, 3.05) is 23.4 Å². The summed E-state index contributed by atoms with van der Waals surface area (Å²) in [6.45, 7) is 1.05. The second kappa shape index (κ2) is 4.89. The van der Waals surface area contributed by atoms with Crippen LogP contribution in [-0.4, -0.2) is 23.0 Å². The lowest BCUT2D eigenvalue weighted by Crippen LogP contribution is -2.13. The van der Waals surface area contributed by atoms with Crippen molar-refractivity contribution >= 4 is 29.1 Å². The first-order chi connectivity index (χ1) is 6.84. The molecule has 0 amide bonds. The molecule has 0 radical (unpaired) electrons. The van der Waals surface area contributed by atoms with E-state index in [9.17, 15) is 0 Å². The Bertz CT molecular complexity index is 300. The molecule has 2 rings (SSSR count). The molecule has 2 heterocycles. The monoisotopic (exact) mass is 228 g/mol. The Labute approximate surface area is 93.4 Å². The van der Waals surface area contributed by atoms with Gasteiger partial charge in [0.1, 0.15) is 5.15 Å². The first-order valence-corrected chi connectivity index (χ1v) is 6.31. The molecular weight excluding hydrogens is 216 g/mol. The van der Waals surface area contributed by atoms with Crippen LogP contribution in [0.2, 0.25) is 5.15 Å². The van der Waals surface area contributed by atoms with Crippen molar-refractivity contribution < 1.29 is 0 Å². The van der Waals surface area contributed by atoms with E-state index in [1.54, 1.807) is 6.20 Å². The topological polar surface area (TPSA) is 24.9 Å². The fraction of sp³-hybridized carbons (Fsp3) is 0.500. The number of anilines is 1. The average Bonchev–Trinajstić information content (AvgIpc) is 2.67. The smallest absolute Gasteiger partial charge is 0.131 e. The van der Waals surface area contributed by atoms with E-state index in [2.05, 4.69) is 10.3 Å². The molecule has 0 saturated carbocycles. The van der Waals surface area contributed by atoms with Crippen LogP contribution < -0.4 is 5.32 Å². The Morgan fingerprint density at radius 2 is 2.57 bits per heavy atom. The summed E-state index contributed by atoms with van der Waals surface area (Å²) in [6.07, 6.45) is 3.06. The summed E-state index contributed by atoms with van der Waals surface area (Å²) in [5.41, 5.74) is 1.07. The Morgan fingerprint density at radius 1 is 1.64 bits per heavy atom. The van der Waals surface area contributed by atoms with Gasteiger partial charge in [-0.25, -0.2) is 4.98 Å². The number of halogens is 1. The number of hydrogen-bond donors (Lipinski definition) is 1. The highest BCUT2D eigenvalue weighted by Crippen LogP contribution is 2.23. The zero-order chi connectivity index (χ0) is 9.80. The summed E-state index contributed by atoms with van der Waals surface area (Å²) < 4.78 is 0. The van der Waals surface area contributed by atoms with Gasteiger partial charge in [0.25, 0.3) is 0 Å². The van der Waals surface area contributed by atoms with E-state index in [0.29, 0.717) is 5.15 Å². The Hall–Kier alpha value is -0.410. The highest BCUT2D eigenvalue weighted by molar-refractivity contribution is 7.99. The van der Waals surface area contributed by atoms with Gasteiger partial charge in [-0.2, -0.15) is 11.8 Å². The third-order valence-corrected chi connectivity index (χ3v) is 3.78. The van der Waals surface area contributed by atoms with Crippen LogP contribution in [0.4, 0.5) is 5.69 Å². The minimum atomic E-state index is 0.552. The molecule has 1 unspecified atom stereocenters. The van der Waals surface area contributed by atoms with Crippen LogP contribution in [0.3, 0.4) is 0 Å². The molecule has 1 aliphatic heterocycles. The average molecular weight is 229 g/mol. The molecule has 0 aliphatic carbocycles. The lowest BCUT2D eigenvalue weighted by Gasteiger charge is -2.10. The maximum Gasteiger partial charge on any atom is 0.131 e. The van der Waals surface area contributed by atoms with Crippen LogP contribution in [0.1, 0.15) is 6.42 Å². The molecule has 0 bridgehead atoms. The summed E-state index contributed by atoms with van der Waals surface area (Å²) in [4.78, 5) is 3.94. The van der Waals surface area contributed by atoms with Crippen LogP contribution in [0.15, 0.2) is 18.3 Å². The number of rotatable bonds is 3. The molecule has 2 nitrogen and oxygen atoms in total. The molecule has 14 heavy (non-hydrogen) atoms. The second-order valence-corrected chi connectivity index (χ2v) is 5.01. The quantitative estimate of drug-likeness (QED) is 0.806. The van der Waals surface area contributed by atoms with Crippen molar-refractivity contribution in [3.8, 4) is 0 Å². The van der Waals surface area contributed by atoms with Crippen LogP contribution in [0.25, 0.3) is 0 Å². The third kappa shape index (κ3) is 2.79. The van der Waals surface area contributed by atoms with E-state index in [1.165, 1.54) is 17.9 Å². The first kappa shape index (κ1) is 10.1. The van der Waals surface area contributed by atoms with Crippen molar-refractivity contribution in [3.63, 3.8) is 0 Å². The second-order valence-electron chi connectivity index (χ2n) is 3.48. The van der Waals surface area contributed by atoms with Gasteiger partial charge in [-0.15, -0.1) is 0 Å². The normalized spacial score (nSPS) is 21.1. The van der Waals surface area contributed by atoms with Gasteiger partial charge in [-0.1, -0.05) is 11.6 Å². The van der Waals surface area contributed by atoms with Crippen LogP contribution in [0.5, 0.6) is 0 Å². The number of nitrogens with zero attached hydrogens (tertiary/aromatic N) is 1. The van der Waals surface area contributed by atoms with E-state index < -0.39 is 0 Å². The fourth-order valence-electron chi connectivity index (χ4n) is 1.52. The van der Waals surface area contributed by atoms with Crippen molar-refractivity contribution in [2.24, 2.45) is 5.92 Å². The van der Waals surface area contributed by atoms with E-state index in [-0.39, 0.29) is 0 Å². The van der Waals surface area contributed by atoms with E-state index in [1.807, 2.05) is 23.9 Å². The predicted molar refractivity (Wildman–Crippen MR) is 63.2 cm³/mol. The molecular formula is C10H13ClN2S. The number of hydrogen-bond acceptors (Lipinski definition) is 3. The molecule has 4 heteroatoms. The zero-order valence-electron chi connectivity index (χ0n) is 7.87. The Kier molecular flexibility index (Phi) is 3.54. The Balaban J connectivity index is 1.85.